The molecule has 1 saturated heterocycles. The number of Topliss-reactive ketones (excluding diaryl/α,β-unsaturated/α-hetero) is 1. The van der Waals surface area contributed by atoms with Crippen molar-refractivity contribution in [1.82, 2.24) is 4.90 Å². The van der Waals surface area contributed by atoms with Crippen molar-refractivity contribution in [3.63, 3.8) is 0 Å². The van der Waals surface area contributed by atoms with E-state index < -0.39 is 0 Å². The Bertz CT molecular complexity index is 407. The fourth-order valence-corrected chi connectivity index (χ4v) is 2.49. The van der Waals surface area contributed by atoms with Crippen LogP contribution in [0.4, 0.5) is 0 Å². The summed E-state index contributed by atoms with van der Waals surface area (Å²) < 4.78 is 0. The Labute approximate surface area is 129 Å². The number of carbonyl (C=O) groups is 2. The van der Waals surface area contributed by atoms with Crippen molar-refractivity contribution in [2.75, 3.05) is 13.1 Å². The molecule has 0 radical (unpaired) electrons. The van der Waals surface area contributed by atoms with Crippen LogP contribution in [0.5, 0.6) is 0 Å². The molecule has 0 spiro atoms. The van der Waals surface area contributed by atoms with Gasteiger partial charge in [0, 0.05) is 31.3 Å². The first-order valence-corrected chi connectivity index (χ1v) is 8.19. The van der Waals surface area contributed by atoms with Crippen molar-refractivity contribution in [2.24, 2.45) is 17.8 Å². The molecule has 0 aromatic heterocycles. The van der Waals surface area contributed by atoms with Gasteiger partial charge < -0.3 is 4.90 Å². The molecule has 118 valence electrons. The monoisotopic (exact) mass is 291 g/mol. The van der Waals surface area contributed by atoms with Crippen LogP contribution in [0.1, 0.15) is 59.8 Å². The van der Waals surface area contributed by atoms with Crippen LogP contribution in [-0.4, -0.2) is 29.7 Å². The maximum atomic E-state index is 12.0. The molecule has 21 heavy (non-hydrogen) atoms. The first-order chi connectivity index (χ1) is 9.90. The van der Waals surface area contributed by atoms with Gasteiger partial charge in [0.25, 0.3) is 0 Å². The molecule has 0 N–H and O–H groups in total. The standard InChI is InChI=1S/C18H29NO2/c1-14(2)7-5-6-8-16-9-11-19(12-10-16)18(21)13-17(20)15(3)4/h14-16H,6,8-13H2,1-4H3. The van der Waals surface area contributed by atoms with E-state index in [4.69, 9.17) is 0 Å². The minimum Gasteiger partial charge on any atom is -0.342 e. The quantitative estimate of drug-likeness (QED) is 0.576. The van der Waals surface area contributed by atoms with Crippen LogP contribution in [0.3, 0.4) is 0 Å². The second-order valence-electron chi connectivity index (χ2n) is 6.64. The third-order valence-corrected chi connectivity index (χ3v) is 4.00. The van der Waals surface area contributed by atoms with E-state index in [1.807, 2.05) is 18.7 Å². The van der Waals surface area contributed by atoms with E-state index in [-0.39, 0.29) is 24.0 Å². The number of amides is 1. The third kappa shape index (κ3) is 6.80. The first-order valence-electron chi connectivity index (χ1n) is 8.19. The van der Waals surface area contributed by atoms with Gasteiger partial charge in [0.05, 0.1) is 6.42 Å². The Morgan fingerprint density at radius 3 is 2.29 bits per heavy atom. The summed E-state index contributed by atoms with van der Waals surface area (Å²) in [4.78, 5) is 25.5. The molecule has 3 nitrogen and oxygen atoms in total. The zero-order chi connectivity index (χ0) is 15.8. The van der Waals surface area contributed by atoms with Crippen molar-refractivity contribution in [1.29, 1.82) is 0 Å². The van der Waals surface area contributed by atoms with Crippen molar-refractivity contribution in [2.45, 2.75) is 59.8 Å². The molecule has 1 aliphatic heterocycles. The van der Waals surface area contributed by atoms with Gasteiger partial charge in [-0.15, -0.1) is 11.8 Å². The van der Waals surface area contributed by atoms with E-state index in [1.165, 1.54) is 0 Å². The molecule has 0 aromatic rings. The topological polar surface area (TPSA) is 37.4 Å². The average Bonchev–Trinajstić information content (AvgIpc) is 2.43. The van der Waals surface area contributed by atoms with Gasteiger partial charge in [0.15, 0.2) is 0 Å². The van der Waals surface area contributed by atoms with Crippen LogP contribution in [0.15, 0.2) is 0 Å². The van der Waals surface area contributed by atoms with Crippen molar-refractivity contribution in [3.8, 4) is 11.8 Å². The third-order valence-electron chi connectivity index (χ3n) is 4.00. The van der Waals surface area contributed by atoms with Crippen LogP contribution < -0.4 is 0 Å². The maximum Gasteiger partial charge on any atom is 0.230 e. The SMILES string of the molecule is CC(C)C#CCCC1CCN(C(=O)CC(=O)C(C)C)CC1. The molecule has 1 heterocycles. The Morgan fingerprint density at radius 2 is 1.76 bits per heavy atom. The average molecular weight is 291 g/mol. The summed E-state index contributed by atoms with van der Waals surface area (Å²) in [6.45, 7) is 9.50. The van der Waals surface area contributed by atoms with Crippen molar-refractivity contribution < 1.29 is 9.59 Å². The largest absolute Gasteiger partial charge is 0.342 e. The van der Waals surface area contributed by atoms with Crippen LogP contribution >= 0.6 is 0 Å². The Hall–Kier alpha value is -1.30. The number of rotatable bonds is 5. The fraction of sp³-hybridized carbons (Fsp3) is 0.778. The number of nitrogens with zero attached hydrogens (tertiary/aromatic N) is 1. The van der Waals surface area contributed by atoms with Gasteiger partial charge in [0.2, 0.25) is 5.91 Å². The van der Waals surface area contributed by atoms with E-state index in [2.05, 4.69) is 25.7 Å². The molecule has 0 aliphatic carbocycles. The number of ketones is 1. The molecule has 3 heteroatoms. The predicted octanol–water partition coefficient (Wildman–Crippen LogP) is 3.28. The summed E-state index contributed by atoms with van der Waals surface area (Å²) in [7, 11) is 0. The zero-order valence-electron chi connectivity index (χ0n) is 13.9. The van der Waals surface area contributed by atoms with Gasteiger partial charge in [-0.3, -0.25) is 9.59 Å². The molecule has 0 atom stereocenters. The fourth-order valence-electron chi connectivity index (χ4n) is 2.49. The molecule has 0 aromatic carbocycles. The Kier molecular flexibility index (Phi) is 7.50. The normalized spacial score (nSPS) is 16.0. The van der Waals surface area contributed by atoms with Gasteiger partial charge in [-0.05, 0) is 25.2 Å². The van der Waals surface area contributed by atoms with E-state index in [9.17, 15) is 9.59 Å². The van der Waals surface area contributed by atoms with Crippen LogP contribution in [0, 0.1) is 29.6 Å². The second kappa shape index (κ2) is 8.87. The second-order valence-corrected chi connectivity index (χ2v) is 6.64. The van der Waals surface area contributed by atoms with E-state index >= 15 is 0 Å². The lowest BCUT2D eigenvalue weighted by atomic mass is 9.92. The number of piperidine rings is 1. The molecule has 1 aliphatic rings. The van der Waals surface area contributed by atoms with Crippen LogP contribution in [0.2, 0.25) is 0 Å². The van der Waals surface area contributed by atoms with Gasteiger partial charge in [-0.2, -0.15) is 0 Å². The Balaban J connectivity index is 2.27. The highest BCUT2D eigenvalue weighted by Gasteiger charge is 2.24. The summed E-state index contributed by atoms with van der Waals surface area (Å²) in [6.07, 6.45) is 4.26. The first kappa shape index (κ1) is 17.8. The highest BCUT2D eigenvalue weighted by Crippen LogP contribution is 2.22. The lowest BCUT2D eigenvalue weighted by molar-refractivity contribution is -0.137. The molecule has 1 amide bonds. The van der Waals surface area contributed by atoms with Gasteiger partial charge >= 0.3 is 0 Å². The summed E-state index contributed by atoms with van der Waals surface area (Å²) in [5, 5.41) is 0. The summed E-state index contributed by atoms with van der Waals surface area (Å²) in [5.74, 6) is 7.55. The molecule has 0 bridgehead atoms. The number of likely N-dealkylation sites (tertiary alicyclic amines) is 1. The zero-order valence-corrected chi connectivity index (χ0v) is 13.9. The number of hydrogen-bond acceptors (Lipinski definition) is 2. The van der Waals surface area contributed by atoms with Gasteiger partial charge in [-0.25, -0.2) is 0 Å². The highest BCUT2D eigenvalue weighted by atomic mass is 16.2. The molecular formula is C18H29NO2. The minimum atomic E-state index is -0.0500. The lowest BCUT2D eigenvalue weighted by Gasteiger charge is -2.31. The molecule has 1 fully saturated rings. The molecule has 1 rings (SSSR count). The van der Waals surface area contributed by atoms with Crippen LogP contribution in [-0.2, 0) is 9.59 Å². The minimum absolute atomic E-state index is 0.00625. The summed E-state index contributed by atoms with van der Waals surface area (Å²) >= 11 is 0. The molecule has 0 saturated carbocycles. The van der Waals surface area contributed by atoms with Crippen molar-refractivity contribution >= 4 is 11.7 Å². The summed E-state index contributed by atoms with van der Waals surface area (Å²) in [6, 6.07) is 0. The molecule has 0 unspecified atom stereocenters. The summed E-state index contributed by atoms with van der Waals surface area (Å²) in [5.41, 5.74) is 0. The Morgan fingerprint density at radius 1 is 1.14 bits per heavy atom. The van der Waals surface area contributed by atoms with Gasteiger partial charge in [-0.1, -0.05) is 27.7 Å². The number of hydrogen-bond donors (Lipinski definition) is 0. The van der Waals surface area contributed by atoms with Crippen LogP contribution in [0.25, 0.3) is 0 Å². The van der Waals surface area contributed by atoms with E-state index in [1.54, 1.807) is 0 Å². The smallest absolute Gasteiger partial charge is 0.230 e. The maximum absolute atomic E-state index is 12.0. The van der Waals surface area contributed by atoms with E-state index in [0.29, 0.717) is 11.8 Å². The molecular weight excluding hydrogens is 262 g/mol. The lowest BCUT2D eigenvalue weighted by Crippen LogP contribution is -2.39. The predicted molar refractivity (Wildman–Crippen MR) is 85.6 cm³/mol. The highest BCUT2D eigenvalue weighted by molar-refractivity contribution is 5.98. The number of carbonyl (C=O) groups excluding carboxylic acids is 2. The van der Waals surface area contributed by atoms with E-state index in [0.717, 1.165) is 38.8 Å². The van der Waals surface area contributed by atoms with Gasteiger partial charge in [0.1, 0.15) is 5.78 Å². The van der Waals surface area contributed by atoms with Crippen molar-refractivity contribution in [3.05, 3.63) is 0 Å².